The Morgan fingerprint density at radius 2 is 2.06 bits per heavy atom. The third-order valence-electron chi connectivity index (χ3n) is 1.79. The molecule has 0 radical (unpaired) electrons. The SMILES string of the molecule is C=C(C)NCC(=O)N(C)CC(C)O.C=CCC. The number of carbonyl (C=O) groups is 1. The maximum atomic E-state index is 11.3. The second-order valence-corrected chi connectivity index (χ2v) is 3.95. The summed E-state index contributed by atoms with van der Waals surface area (Å²) in [4.78, 5) is 12.8. The zero-order chi connectivity index (χ0) is 13.8. The number of carbonyl (C=O) groups excluding carboxylic acids is 1. The molecule has 2 N–H and O–H groups in total. The van der Waals surface area contributed by atoms with E-state index in [4.69, 9.17) is 5.11 Å². The fraction of sp³-hybridized carbons (Fsp3) is 0.615. The van der Waals surface area contributed by atoms with Crippen LogP contribution in [0.5, 0.6) is 0 Å². The topological polar surface area (TPSA) is 52.6 Å². The molecule has 17 heavy (non-hydrogen) atoms. The molecule has 1 atom stereocenters. The molecule has 0 aromatic carbocycles. The van der Waals surface area contributed by atoms with Gasteiger partial charge < -0.3 is 15.3 Å². The van der Waals surface area contributed by atoms with Crippen LogP contribution in [0, 0.1) is 0 Å². The van der Waals surface area contributed by atoms with Crippen molar-refractivity contribution in [1.82, 2.24) is 10.2 Å². The van der Waals surface area contributed by atoms with Crippen LogP contribution in [0.3, 0.4) is 0 Å². The first-order chi connectivity index (χ1) is 7.84. The maximum Gasteiger partial charge on any atom is 0.241 e. The highest BCUT2D eigenvalue weighted by atomic mass is 16.3. The lowest BCUT2D eigenvalue weighted by Gasteiger charge is -2.19. The van der Waals surface area contributed by atoms with E-state index in [0.717, 1.165) is 12.1 Å². The Labute approximate surface area is 105 Å². The Morgan fingerprint density at radius 3 is 2.35 bits per heavy atom. The molecule has 0 bridgehead atoms. The highest BCUT2D eigenvalue weighted by Crippen LogP contribution is 1.89. The number of allylic oxidation sites excluding steroid dienone is 2. The molecule has 0 aliphatic heterocycles. The van der Waals surface area contributed by atoms with E-state index < -0.39 is 6.10 Å². The van der Waals surface area contributed by atoms with Gasteiger partial charge in [-0.2, -0.15) is 0 Å². The summed E-state index contributed by atoms with van der Waals surface area (Å²) < 4.78 is 0. The van der Waals surface area contributed by atoms with Gasteiger partial charge in [-0.15, -0.1) is 6.58 Å². The Bertz CT molecular complexity index is 238. The van der Waals surface area contributed by atoms with Crippen molar-refractivity contribution in [2.45, 2.75) is 33.3 Å². The molecule has 1 amide bonds. The second kappa shape index (κ2) is 11.2. The van der Waals surface area contributed by atoms with Crippen molar-refractivity contribution in [2.24, 2.45) is 0 Å². The molecule has 0 rings (SSSR count). The molecule has 0 aliphatic rings. The average Bonchev–Trinajstić information content (AvgIpc) is 2.25. The van der Waals surface area contributed by atoms with E-state index in [1.54, 1.807) is 20.9 Å². The Balaban J connectivity index is 0. The highest BCUT2D eigenvalue weighted by Gasteiger charge is 2.09. The van der Waals surface area contributed by atoms with Gasteiger partial charge in [0, 0.05) is 19.3 Å². The minimum Gasteiger partial charge on any atom is -0.392 e. The molecule has 1 unspecified atom stereocenters. The quantitative estimate of drug-likeness (QED) is 0.695. The third-order valence-corrected chi connectivity index (χ3v) is 1.79. The Hall–Kier alpha value is -1.29. The van der Waals surface area contributed by atoms with Gasteiger partial charge in [-0.3, -0.25) is 4.79 Å². The predicted octanol–water partition coefficient (Wildman–Crippen LogP) is 1.53. The summed E-state index contributed by atoms with van der Waals surface area (Å²) in [7, 11) is 1.66. The molecule has 0 saturated heterocycles. The summed E-state index contributed by atoms with van der Waals surface area (Å²) in [6, 6.07) is 0. The number of hydrogen-bond acceptors (Lipinski definition) is 3. The lowest BCUT2D eigenvalue weighted by atomic mass is 10.3. The molecule has 4 nitrogen and oxygen atoms in total. The Kier molecular flexibility index (Phi) is 11.9. The first-order valence-corrected chi connectivity index (χ1v) is 5.77. The monoisotopic (exact) mass is 242 g/mol. The fourth-order valence-corrected chi connectivity index (χ4v) is 0.860. The summed E-state index contributed by atoms with van der Waals surface area (Å²) in [5.74, 6) is -0.0519. The van der Waals surface area contributed by atoms with Gasteiger partial charge in [-0.25, -0.2) is 0 Å². The average molecular weight is 242 g/mol. The van der Waals surface area contributed by atoms with Gasteiger partial charge in [-0.1, -0.05) is 19.6 Å². The smallest absolute Gasteiger partial charge is 0.241 e. The summed E-state index contributed by atoms with van der Waals surface area (Å²) in [6.45, 7) is 13.2. The van der Waals surface area contributed by atoms with E-state index >= 15 is 0 Å². The van der Waals surface area contributed by atoms with Gasteiger partial charge in [0.1, 0.15) is 0 Å². The van der Waals surface area contributed by atoms with Crippen LogP contribution in [0.15, 0.2) is 24.9 Å². The number of aliphatic hydroxyl groups is 1. The minimum absolute atomic E-state index is 0.0519. The molecule has 0 fully saturated rings. The molecule has 0 aromatic heterocycles. The van der Waals surface area contributed by atoms with Gasteiger partial charge >= 0.3 is 0 Å². The Morgan fingerprint density at radius 1 is 1.59 bits per heavy atom. The first-order valence-electron chi connectivity index (χ1n) is 5.77. The van der Waals surface area contributed by atoms with Crippen LogP contribution < -0.4 is 5.32 Å². The van der Waals surface area contributed by atoms with Gasteiger partial charge in [0.15, 0.2) is 0 Å². The third kappa shape index (κ3) is 14.7. The number of nitrogens with one attached hydrogen (secondary N) is 1. The van der Waals surface area contributed by atoms with Crippen LogP contribution in [0.1, 0.15) is 27.2 Å². The number of nitrogens with zero attached hydrogens (tertiary/aromatic N) is 1. The van der Waals surface area contributed by atoms with E-state index in [-0.39, 0.29) is 12.5 Å². The molecular formula is C13H26N2O2. The predicted molar refractivity (Wildman–Crippen MR) is 72.6 cm³/mol. The summed E-state index contributed by atoms with van der Waals surface area (Å²) >= 11 is 0. The van der Waals surface area contributed by atoms with Crippen LogP contribution in [-0.2, 0) is 4.79 Å². The van der Waals surface area contributed by atoms with E-state index in [2.05, 4.69) is 25.4 Å². The molecule has 100 valence electrons. The standard InChI is InChI=1S/C9H18N2O2.C4H8/c1-7(2)10-5-9(13)11(4)6-8(3)12;1-3-4-2/h8,10,12H,1,5-6H2,2-4H3;3H,1,4H2,2H3. The van der Waals surface area contributed by atoms with Gasteiger partial charge in [0.25, 0.3) is 0 Å². The number of likely N-dealkylation sites (N-methyl/N-ethyl adjacent to an activating group) is 1. The van der Waals surface area contributed by atoms with Gasteiger partial charge in [0.2, 0.25) is 5.91 Å². The fourth-order valence-electron chi connectivity index (χ4n) is 0.860. The molecule has 0 spiro atoms. The van der Waals surface area contributed by atoms with Crippen LogP contribution in [0.4, 0.5) is 0 Å². The largest absolute Gasteiger partial charge is 0.392 e. The number of amides is 1. The van der Waals surface area contributed by atoms with Crippen molar-refractivity contribution in [3.63, 3.8) is 0 Å². The molecule has 0 aromatic rings. The minimum atomic E-state index is -0.487. The van der Waals surface area contributed by atoms with Crippen LogP contribution in [-0.4, -0.2) is 42.2 Å². The van der Waals surface area contributed by atoms with E-state index in [0.29, 0.717) is 6.54 Å². The zero-order valence-electron chi connectivity index (χ0n) is 11.5. The van der Waals surface area contributed by atoms with E-state index in [9.17, 15) is 4.79 Å². The molecule has 4 heteroatoms. The second-order valence-electron chi connectivity index (χ2n) is 3.95. The van der Waals surface area contributed by atoms with Crippen LogP contribution in [0.25, 0.3) is 0 Å². The first kappa shape index (κ1) is 18.1. The van der Waals surface area contributed by atoms with Gasteiger partial charge in [0.05, 0.1) is 12.6 Å². The molecular weight excluding hydrogens is 216 g/mol. The number of rotatable bonds is 6. The highest BCUT2D eigenvalue weighted by molar-refractivity contribution is 5.78. The zero-order valence-corrected chi connectivity index (χ0v) is 11.5. The van der Waals surface area contributed by atoms with Crippen molar-refractivity contribution in [3.8, 4) is 0 Å². The maximum absolute atomic E-state index is 11.3. The summed E-state index contributed by atoms with van der Waals surface area (Å²) in [6.07, 6.45) is 2.47. The van der Waals surface area contributed by atoms with Gasteiger partial charge in [-0.05, 0) is 20.3 Å². The van der Waals surface area contributed by atoms with Crippen LogP contribution >= 0.6 is 0 Å². The molecule has 0 saturated carbocycles. The molecule has 0 heterocycles. The van der Waals surface area contributed by atoms with Crippen LogP contribution in [0.2, 0.25) is 0 Å². The van der Waals surface area contributed by atoms with Crippen molar-refractivity contribution >= 4 is 5.91 Å². The summed E-state index contributed by atoms with van der Waals surface area (Å²) in [5.41, 5.74) is 0.763. The lowest BCUT2D eigenvalue weighted by molar-refractivity contribution is -0.129. The lowest BCUT2D eigenvalue weighted by Crippen LogP contribution is -2.38. The number of aliphatic hydroxyl groups excluding tert-OH is 1. The van der Waals surface area contributed by atoms with Crippen molar-refractivity contribution in [2.75, 3.05) is 20.1 Å². The van der Waals surface area contributed by atoms with Crippen molar-refractivity contribution in [3.05, 3.63) is 24.9 Å². The molecule has 0 aliphatic carbocycles. The number of hydrogen-bond donors (Lipinski definition) is 2. The van der Waals surface area contributed by atoms with E-state index in [1.807, 2.05) is 6.08 Å². The summed E-state index contributed by atoms with van der Waals surface area (Å²) in [5, 5.41) is 11.8. The normalized spacial score (nSPS) is 10.6. The van der Waals surface area contributed by atoms with E-state index in [1.165, 1.54) is 4.90 Å². The van der Waals surface area contributed by atoms with Crippen molar-refractivity contribution in [1.29, 1.82) is 0 Å². The van der Waals surface area contributed by atoms with Crippen molar-refractivity contribution < 1.29 is 9.90 Å².